The normalized spacial score (nSPS) is 11.0. The summed E-state index contributed by atoms with van der Waals surface area (Å²) in [6, 6.07) is 15.2. The molecule has 1 heterocycles. The molecule has 4 nitrogen and oxygen atoms in total. The van der Waals surface area contributed by atoms with Crippen LogP contribution in [0.4, 0.5) is 0 Å². The molecule has 3 rings (SSSR count). The highest BCUT2D eigenvalue weighted by molar-refractivity contribution is 6.33. The molecular weight excluding hydrogens is 360 g/mol. The van der Waals surface area contributed by atoms with E-state index in [1.54, 1.807) is 17.0 Å². The van der Waals surface area contributed by atoms with Gasteiger partial charge in [-0.2, -0.15) is 0 Å². The SMILES string of the molecule is Cc1ccc(-c2cc(CN(C(=O)c3ccccc3Cl)C(C)C)no2)c(C)c1. The number of aromatic nitrogens is 1. The van der Waals surface area contributed by atoms with Crippen LogP contribution in [0.3, 0.4) is 0 Å². The van der Waals surface area contributed by atoms with Crippen LogP contribution in [0.5, 0.6) is 0 Å². The van der Waals surface area contributed by atoms with Gasteiger partial charge in [-0.05, 0) is 45.4 Å². The number of carbonyl (C=O) groups excluding carboxylic acids is 1. The van der Waals surface area contributed by atoms with E-state index in [2.05, 4.69) is 18.1 Å². The zero-order valence-corrected chi connectivity index (χ0v) is 16.7. The van der Waals surface area contributed by atoms with Crippen LogP contribution in [0.2, 0.25) is 5.02 Å². The van der Waals surface area contributed by atoms with Crippen LogP contribution in [-0.4, -0.2) is 22.0 Å². The molecule has 27 heavy (non-hydrogen) atoms. The second-order valence-electron chi connectivity index (χ2n) is 7.01. The molecule has 3 aromatic rings. The number of benzene rings is 2. The average Bonchev–Trinajstić information content (AvgIpc) is 3.07. The van der Waals surface area contributed by atoms with Gasteiger partial charge in [0.05, 0.1) is 17.1 Å². The van der Waals surface area contributed by atoms with Gasteiger partial charge in [0.1, 0.15) is 5.69 Å². The molecule has 0 atom stereocenters. The Bertz CT molecular complexity index is 962. The van der Waals surface area contributed by atoms with Crippen LogP contribution in [0, 0.1) is 13.8 Å². The van der Waals surface area contributed by atoms with Gasteiger partial charge in [-0.1, -0.05) is 52.7 Å². The highest BCUT2D eigenvalue weighted by Crippen LogP contribution is 2.26. The number of hydrogen-bond acceptors (Lipinski definition) is 3. The van der Waals surface area contributed by atoms with Gasteiger partial charge in [-0.3, -0.25) is 4.79 Å². The first-order valence-electron chi connectivity index (χ1n) is 8.95. The number of hydrogen-bond donors (Lipinski definition) is 0. The van der Waals surface area contributed by atoms with E-state index in [1.165, 1.54) is 5.56 Å². The first-order chi connectivity index (χ1) is 12.9. The van der Waals surface area contributed by atoms with E-state index < -0.39 is 0 Å². The van der Waals surface area contributed by atoms with Crippen molar-refractivity contribution in [1.29, 1.82) is 0 Å². The summed E-state index contributed by atoms with van der Waals surface area (Å²) in [5.74, 6) is 0.586. The Kier molecular flexibility index (Phi) is 5.66. The number of nitrogens with zero attached hydrogens (tertiary/aromatic N) is 2. The van der Waals surface area contributed by atoms with Crippen molar-refractivity contribution in [2.45, 2.75) is 40.3 Å². The summed E-state index contributed by atoms with van der Waals surface area (Å²) in [5.41, 5.74) is 4.54. The molecule has 1 amide bonds. The summed E-state index contributed by atoms with van der Waals surface area (Å²) < 4.78 is 5.55. The Morgan fingerprint density at radius 2 is 1.89 bits per heavy atom. The zero-order chi connectivity index (χ0) is 19.6. The minimum atomic E-state index is -0.119. The molecule has 0 fully saturated rings. The summed E-state index contributed by atoms with van der Waals surface area (Å²) in [5, 5.41) is 4.62. The minimum Gasteiger partial charge on any atom is -0.356 e. The second kappa shape index (κ2) is 7.97. The Morgan fingerprint density at radius 3 is 2.56 bits per heavy atom. The lowest BCUT2D eigenvalue weighted by atomic mass is 10.0. The Balaban J connectivity index is 1.85. The van der Waals surface area contributed by atoms with E-state index in [1.807, 2.05) is 51.1 Å². The van der Waals surface area contributed by atoms with Crippen molar-refractivity contribution in [1.82, 2.24) is 10.1 Å². The second-order valence-corrected chi connectivity index (χ2v) is 7.41. The number of halogens is 1. The highest BCUT2D eigenvalue weighted by Gasteiger charge is 2.22. The van der Waals surface area contributed by atoms with Crippen molar-refractivity contribution >= 4 is 17.5 Å². The molecular formula is C22H23ClN2O2. The van der Waals surface area contributed by atoms with Crippen LogP contribution in [0.1, 0.15) is 41.0 Å². The van der Waals surface area contributed by atoms with Crippen LogP contribution >= 0.6 is 11.6 Å². The van der Waals surface area contributed by atoms with Crippen molar-refractivity contribution in [3.63, 3.8) is 0 Å². The number of carbonyl (C=O) groups is 1. The first-order valence-corrected chi connectivity index (χ1v) is 9.33. The summed E-state index contributed by atoms with van der Waals surface area (Å²) in [7, 11) is 0. The maximum Gasteiger partial charge on any atom is 0.255 e. The molecule has 0 aliphatic heterocycles. The maximum absolute atomic E-state index is 13.0. The summed E-state index contributed by atoms with van der Waals surface area (Å²) in [6.45, 7) is 8.41. The largest absolute Gasteiger partial charge is 0.356 e. The molecule has 0 aliphatic rings. The fourth-order valence-electron chi connectivity index (χ4n) is 3.06. The lowest BCUT2D eigenvalue weighted by Gasteiger charge is -2.26. The zero-order valence-electron chi connectivity index (χ0n) is 16.0. The fraction of sp³-hybridized carbons (Fsp3) is 0.273. The summed E-state index contributed by atoms with van der Waals surface area (Å²) >= 11 is 6.20. The average molecular weight is 383 g/mol. The van der Waals surface area contributed by atoms with E-state index in [9.17, 15) is 4.79 Å². The van der Waals surface area contributed by atoms with Gasteiger partial charge in [-0.25, -0.2) is 0 Å². The molecule has 0 aliphatic carbocycles. The van der Waals surface area contributed by atoms with Gasteiger partial charge in [0.25, 0.3) is 5.91 Å². The van der Waals surface area contributed by atoms with Crippen LogP contribution in [0.15, 0.2) is 53.1 Å². The number of aryl methyl sites for hydroxylation is 2. The molecule has 1 aromatic heterocycles. The van der Waals surface area contributed by atoms with E-state index in [-0.39, 0.29) is 11.9 Å². The van der Waals surface area contributed by atoms with Gasteiger partial charge < -0.3 is 9.42 Å². The van der Waals surface area contributed by atoms with Crippen molar-refractivity contribution < 1.29 is 9.32 Å². The van der Waals surface area contributed by atoms with Crippen molar-refractivity contribution in [2.24, 2.45) is 0 Å². The van der Waals surface area contributed by atoms with Crippen molar-refractivity contribution in [2.75, 3.05) is 0 Å². The molecule has 0 saturated heterocycles. The van der Waals surface area contributed by atoms with E-state index in [0.717, 1.165) is 11.1 Å². The lowest BCUT2D eigenvalue weighted by molar-refractivity contribution is 0.0686. The molecule has 0 bridgehead atoms. The minimum absolute atomic E-state index is 0.00460. The Labute approximate surface area is 164 Å². The standard InChI is InChI=1S/C22H23ClN2O2/c1-14(2)25(22(26)19-7-5-6-8-20(19)23)13-17-12-21(27-24-17)18-10-9-15(3)11-16(18)4/h5-12,14H,13H2,1-4H3. The van der Waals surface area contributed by atoms with Gasteiger partial charge in [0.15, 0.2) is 5.76 Å². The van der Waals surface area contributed by atoms with Crippen LogP contribution < -0.4 is 0 Å². The van der Waals surface area contributed by atoms with E-state index in [4.69, 9.17) is 16.1 Å². The lowest BCUT2D eigenvalue weighted by Crippen LogP contribution is -2.36. The fourth-order valence-corrected chi connectivity index (χ4v) is 3.27. The highest BCUT2D eigenvalue weighted by atomic mass is 35.5. The molecule has 0 unspecified atom stereocenters. The van der Waals surface area contributed by atoms with Crippen LogP contribution in [-0.2, 0) is 6.54 Å². The summed E-state index contributed by atoms with van der Waals surface area (Å²) in [6.07, 6.45) is 0. The first kappa shape index (κ1) is 19.2. The van der Waals surface area contributed by atoms with E-state index >= 15 is 0 Å². The molecule has 0 spiro atoms. The monoisotopic (exact) mass is 382 g/mol. The molecule has 0 saturated carbocycles. The quantitative estimate of drug-likeness (QED) is 0.571. The molecule has 2 aromatic carbocycles. The third-order valence-electron chi connectivity index (χ3n) is 4.53. The van der Waals surface area contributed by atoms with E-state index in [0.29, 0.717) is 28.6 Å². The molecule has 140 valence electrons. The topological polar surface area (TPSA) is 46.3 Å². The van der Waals surface area contributed by atoms with Crippen LogP contribution in [0.25, 0.3) is 11.3 Å². The molecule has 0 radical (unpaired) electrons. The molecule has 5 heteroatoms. The smallest absolute Gasteiger partial charge is 0.255 e. The summed E-state index contributed by atoms with van der Waals surface area (Å²) in [4.78, 5) is 14.7. The van der Waals surface area contributed by atoms with Gasteiger partial charge in [0, 0.05) is 17.7 Å². The van der Waals surface area contributed by atoms with Gasteiger partial charge in [-0.15, -0.1) is 0 Å². The maximum atomic E-state index is 13.0. The van der Waals surface area contributed by atoms with Gasteiger partial charge >= 0.3 is 0 Å². The molecule has 0 N–H and O–H groups in total. The van der Waals surface area contributed by atoms with Crippen molar-refractivity contribution in [3.8, 4) is 11.3 Å². The van der Waals surface area contributed by atoms with Gasteiger partial charge in [0.2, 0.25) is 0 Å². The van der Waals surface area contributed by atoms with Crippen molar-refractivity contribution in [3.05, 3.63) is 75.9 Å². The Hall–Kier alpha value is -2.59. The third kappa shape index (κ3) is 4.22. The predicted octanol–water partition coefficient (Wildman–Crippen LogP) is 5.66. The number of rotatable bonds is 5. The number of amides is 1. The predicted molar refractivity (Wildman–Crippen MR) is 108 cm³/mol. The third-order valence-corrected chi connectivity index (χ3v) is 4.86. The Morgan fingerprint density at radius 1 is 1.15 bits per heavy atom.